The molecular formula is C29H49N5. The molecule has 0 radical (unpaired) electrons. The lowest BCUT2D eigenvalue weighted by molar-refractivity contribution is 0.0768. The fraction of sp³-hybridized carbons (Fsp3) is 0.793. The van der Waals surface area contributed by atoms with Crippen molar-refractivity contribution < 1.29 is 0 Å². The fourth-order valence-corrected chi connectivity index (χ4v) is 7.45. The predicted molar refractivity (Wildman–Crippen MR) is 145 cm³/mol. The molecule has 4 aliphatic heterocycles. The van der Waals surface area contributed by atoms with Crippen LogP contribution in [0.4, 0.5) is 11.4 Å². The third kappa shape index (κ3) is 4.99. The Morgan fingerprint density at radius 3 is 2.41 bits per heavy atom. The lowest BCUT2D eigenvalue weighted by Crippen LogP contribution is -2.53. The molecule has 0 N–H and O–H groups in total. The van der Waals surface area contributed by atoms with Gasteiger partial charge >= 0.3 is 0 Å². The summed E-state index contributed by atoms with van der Waals surface area (Å²) in [5.41, 5.74) is 4.44. The summed E-state index contributed by atoms with van der Waals surface area (Å²) in [4.78, 5) is 13.4. The van der Waals surface area contributed by atoms with E-state index in [0.717, 1.165) is 37.5 Å². The average molecular weight is 468 g/mol. The summed E-state index contributed by atoms with van der Waals surface area (Å²) < 4.78 is 0. The molecule has 3 fully saturated rings. The maximum atomic E-state index is 2.82. The van der Waals surface area contributed by atoms with Crippen LogP contribution in [0.5, 0.6) is 0 Å². The van der Waals surface area contributed by atoms with E-state index in [4.69, 9.17) is 0 Å². The third-order valence-electron chi connectivity index (χ3n) is 9.40. The van der Waals surface area contributed by atoms with Crippen molar-refractivity contribution in [2.75, 3.05) is 69.2 Å². The lowest BCUT2D eigenvalue weighted by Gasteiger charge is -2.42. The summed E-state index contributed by atoms with van der Waals surface area (Å²) >= 11 is 0. The Bertz CT molecular complexity index is 819. The minimum Gasteiger partial charge on any atom is -0.371 e. The van der Waals surface area contributed by atoms with Gasteiger partial charge in [-0.2, -0.15) is 0 Å². The number of nitrogens with zero attached hydrogens (tertiary/aromatic N) is 5. The van der Waals surface area contributed by atoms with Crippen LogP contribution in [0.2, 0.25) is 0 Å². The zero-order valence-electron chi connectivity index (χ0n) is 22.5. The second-order valence-electron chi connectivity index (χ2n) is 12.1. The predicted octanol–water partition coefficient (Wildman–Crippen LogP) is 4.16. The Morgan fingerprint density at radius 2 is 1.65 bits per heavy atom. The van der Waals surface area contributed by atoms with Crippen LogP contribution in [0.15, 0.2) is 18.2 Å². The van der Waals surface area contributed by atoms with E-state index in [1.807, 2.05) is 0 Å². The number of likely N-dealkylation sites (N-methyl/N-ethyl adjacent to an activating group) is 1. The highest BCUT2D eigenvalue weighted by Crippen LogP contribution is 2.38. The smallest absolute Gasteiger partial charge is 0.0635 e. The molecular weight excluding hydrogens is 418 g/mol. The Balaban J connectivity index is 1.20. The van der Waals surface area contributed by atoms with Crippen molar-refractivity contribution in [2.24, 2.45) is 5.92 Å². The number of benzene rings is 1. The molecule has 5 nitrogen and oxygen atoms in total. The fourth-order valence-electron chi connectivity index (χ4n) is 7.45. The van der Waals surface area contributed by atoms with Gasteiger partial charge in [0.15, 0.2) is 0 Å². The Kier molecular flexibility index (Phi) is 7.43. The van der Waals surface area contributed by atoms with Crippen molar-refractivity contribution >= 4 is 11.4 Å². The minimum absolute atomic E-state index is 0.553. The second-order valence-corrected chi connectivity index (χ2v) is 12.1. The topological polar surface area (TPSA) is 16.2 Å². The SMILES string of the molecule is CC(CC1CC2CN(C(C)Cc3cccc4c3N(C)CCN4C(C)C)CCN2C1)N1CCCC1. The van der Waals surface area contributed by atoms with E-state index in [9.17, 15) is 0 Å². The molecule has 0 amide bonds. The Hall–Kier alpha value is -1.30. The first-order chi connectivity index (χ1) is 16.4. The van der Waals surface area contributed by atoms with Gasteiger partial charge in [-0.3, -0.25) is 9.80 Å². The first-order valence-electron chi connectivity index (χ1n) is 14.2. The summed E-state index contributed by atoms with van der Waals surface area (Å²) in [7, 11) is 2.28. The molecule has 5 heteroatoms. The van der Waals surface area contributed by atoms with Crippen molar-refractivity contribution in [2.45, 2.75) is 84.0 Å². The highest BCUT2D eigenvalue weighted by Gasteiger charge is 2.38. The molecule has 4 unspecified atom stereocenters. The quantitative estimate of drug-likeness (QED) is 0.597. The minimum atomic E-state index is 0.553. The maximum absolute atomic E-state index is 2.82. The number of piperazine rings is 1. The zero-order valence-corrected chi connectivity index (χ0v) is 22.5. The van der Waals surface area contributed by atoms with E-state index in [2.05, 4.69) is 77.4 Å². The first-order valence-corrected chi connectivity index (χ1v) is 14.2. The van der Waals surface area contributed by atoms with Crippen LogP contribution in [0.3, 0.4) is 0 Å². The van der Waals surface area contributed by atoms with Crippen molar-refractivity contribution in [3.8, 4) is 0 Å². The van der Waals surface area contributed by atoms with Gasteiger partial charge in [-0.15, -0.1) is 0 Å². The normalized spacial score (nSPS) is 28.4. The first kappa shape index (κ1) is 24.4. The molecule has 0 spiro atoms. The van der Waals surface area contributed by atoms with Crippen molar-refractivity contribution in [1.82, 2.24) is 14.7 Å². The van der Waals surface area contributed by atoms with Crippen LogP contribution in [-0.2, 0) is 6.42 Å². The molecule has 3 saturated heterocycles. The van der Waals surface area contributed by atoms with E-state index in [0.29, 0.717) is 12.1 Å². The summed E-state index contributed by atoms with van der Waals surface area (Å²) in [5.74, 6) is 0.896. The number of para-hydroxylation sites is 1. The molecule has 190 valence electrons. The van der Waals surface area contributed by atoms with E-state index in [1.54, 1.807) is 0 Å². The van der Waals surface area contributed by atoms with Gasteiger partial charge in [-0.1, -0.05) is 12.1 Å². The summed E-state index contributed by atoms with van der Waals surface area (Å²) in [6.07, 6.45) is 6.78. The maximum Gasteiger partial charge on any atom is 0.0635 e. The standard InChI is InChI=1S/C29H49N5/c1-22(2)34-16-13-30(5)29-26(9-8-10-28(29)34)18-24(4)32-14-15-33-20-25(19-27(33)21-32)17-23(3)31-11-6-7-12-31/h8-10,22-25,27H,6-7,11-21H2,1-5H3. The van der Waals surface area contributed by atoms with Crippen LogP contribution in [-0.4, -0.2) is 98.3 Å². The van der Waals surface area contributed by atoms with Crippen molar-refractivity contribution in [3.63, 3.8) is 0 Å². The monoisotopic (exact) mass is 467 g/mol. The molecule has 0 bridgehead atoms. The zero-order chi connectivity index (χ0) is 23.8. The van der Waals surface area contributed by atoms with Gasteiger partial charge in [0.25, 0.3) is 0 Å². The highest BCUT2D eigenvalue weighted by molar-refractivity contribution is 5.77. The molecule has 0 aliphatic carbocycles. The molecule has 0 aromatic heterocycles. The molecule has 4 heterocycles. The Morgan fingerprint density at radius 1 is 0.853 bits per heavy atom. The average Bonchev–Trinajstić information content (AvgIpc) is 3.48. The lowest BCUT2D eigenvalue weighted by atomic mass is 9.96. The van der Waals surface area contributed by atoms with Gasteiger partial charge in [-0.05, 0) is 90.4 Å². The van der Waals surface area contributed by atoms with Crippen LogP contribution in [0.1, 0.15) is 58.9 Å². The molecule has 34 heavy (non-hydrogen) atoms. The molecule has 5 rings (SSSR count). The second kappa shape index (κ2) is 10.4. The largest absolute Gasteiger partial charge is 0.371 e. The van der Waals surface area contributed by atoms with Gasteiger partial charge in [0.1, 0.15) is 0 Å². The van der Waals surface area contributed by atoms with Gasteiger partial charge < -0.3 is 14.7 Å². The van der Waals surface area contributed by atoms with E-state index < -0.39 is 0 Å². The number of anilines is 2. The molecule has 1 aromatic carbocycles. The number of hydrogen-bond acceptors (Lipinski definition) is 5. The van der Waals surface area contributed by atoms with E-state index in [1.165, 1.54) is 81.9 Å². The van der Waals surface area contributed by atoms with Crippen LogP contribution < -0.4 is 9.80 Å². The summed E-state index contributed by atoms with van der Waals surface area (Å²) in [6.45, 7) is 19.6. The number of fused-ring (bicyclic) bond motifs is 2. The highest BCUT2D eigenvalue weighted by atomic mass is 15.3. The summed E-state index contributed by atoms with van der Waals surface area (Å²) in [5, 5.41) is 0. The van der Waals surface area contributed by atoms with Crippen LogP contribution in [0, 0.1) is 5.92 Å². The van der Waals surface area contributed by atoms with Gasteiger partial charge in [0.2, 0.25) is 0 Å². The molecule has 4 aliphatic rings. The van der Waals surface area contributed by atoms with Gasteiger partial charge in [0, 0.05) is 70.5 Å². The van der Waals surface area contributed by atoms with Crippen LogP contribution >= 0.6 is 0 Å². The molecule has 1 aromatic rings. The van der Waals surface area contributed by atoms with Crippen LogP contribution in [0.25, 0.3) is 0 Å². The van der Waals surface area contributed by atoms with Crippen molar-refractivity contribution in [3.05, 3.63) is 23.8 Å². The van der Waals surface area contributed by atoms with Gasteiger partial charge in [0.05, 0.1) is 11.4 Å². The number of hydrogen-bond donors (Lipinski definition) is 0. The molecule has 4 atom stereocenters. The Labute approximate surface area is 209 Å². The molecule has 0 saturated carbocycles. The number of rotatable bonds is 7. The third-order valence-corrected chi connectivity index (χ3v) is 9.40. The number of likely N-dealkylation sites (tertiary alicyclic amines) is 1. The van der Waals surface area contributed by atoms with Crippen molar-refractivity contribution in [1.29, 1.82) is 0 Å². The van der Waals surface area contributed by atoms with E-state index in [-0.39, 0.29) is 0 Å². The summed E-state index contributed by atoms with van der Waals surface area (Å²) in [6, 6.07) is 9.70. The van der Waals surface area contributed by atoms with E-state index >= 15 is 0 Å². The van der Waals surface area contributed by atoms with Gasteiger partial charge in [-0.25, -0.2) is 0 Å².